The number of aromatic nitrogens is 3. The molecule has 0 radical (unpaired) electrons. The third-order valence-electron chi connectivity index (χ3n) is 3.38. The summed E-state index contributed by atoms with van der Waals surface area (Å²) < 4.78 is 24.3. The van der Waals surface area contributed by atoms with Gasteiger partial charge in [-0.05, 0) is 43.3 Å². The van der Waals surface area contributed by atoms with Crippen molar-refractivity contribution in [2.24, 2.45) is 5.14 Å². The Labute approximate surface area is 148 Å². The van der Waals surface area contributed by atoms with Crippen LogP contribution in [0.2, 0.25) is 0 Å². The van der Waals surface area contributed by atoms with E-state index >= 15 is 0 Å². The fourth-order valence-electron chi connectivity index (χ4n) is 2.08. The van der Waals surface area contributed by atoms with Gasteiger partial charge in [-0.2, -0.15) is 0 Å². The number of benzene rings is 1. The van der Waals surface area contributed by atoms with Crippen molar-refractivity contribution in [1.82, 2.24) is 14.6 Å². The molecule has 1 atom stereocenters. The van der Waals surface area contributed by atoms with E-state index in [1.54, 1.807) is 11.3 Å². The Balaban J connectivity index is 1.68. The number of primary sulfonamides is 1. The van der Waals surface area contributed by atoms with Crippen LogP contribution < -0.4 is 10.5 Å². The number of fused-ring (bicyclic) bond motifs is 1. The molecule has 10 heteroatoms. The van der Waals surface area contributed by atoms with Crippen molar-refractivity contribution in [2.75, 3.05) is 5.32 Å². The van der Waals surface area contributed by atoms with Crippen LogP contribution in [0.4, 0.5) is 5.69 Å². The number of thioether (sulfide) groups is 1. The first-order valence-corrected chi connectivity index (χ1v) is 9.67. The molecule has 0 aliphatic rings. The molecule has 8 nitrogen and oxygen atoms in total. The van der Waals surface area contributed by atoms with Gasteiger partial charge in [0.15, 0.2) is 10.8 Å². The maximum atomic E-state index is 12.3. The minimum atomic E-state index is -3.75. The minimum Gasteiger partial charge on any atom is -0.325 e. The molecule has 3 N–H and O–H groups in total. The van der Waals surface area contributed by atoms with E-state index in [2.05, 4.69) is 15.5 Å². The van der Waals surface area contributed by atoms with Crippen LogP contribution in [0.1, 0.15) is 6.92 Å². The number of carbonyl (C=O) groups is 1. The van der Waals surface area contributed by atoms with Crippen LogP contribution in [0.15, 0.2) is 58.7 Å². The molecule has 2 heterocycles. The highest BCUT2D eigenvalue weighted by Gasteiger charge is 2.18. The average Bonchev–Trinajstić information content (AvgIpc) is 2.97. The number of nitrogens with two attached hydrogens (primary N) is 1. The summed E-state index contributed by atoms with van der Waals surface area (Å²) in [6, 6.07) is 11.2. The van der Waals surface area contributed by atoms with Gasteiger partial charge < -0.3 is 5.32 Å². The molecule has 1 aromatic carbocycles. The monoisotopic (exact) mass is 377 g/mol. The van der Waals surface area contributed by atoms with Gasteiger partial charge in [0.2, 0.25) is 15.9 Å². The van der Waals surface area contributed by atoms with Crippen molar-refractivity contribution in [3.63, 3.8) is 0 Å². The Hall–Kier alpha value is -2.43. The minimum absolute atomic E-state index is 0.0112. The third kappa shape index (κ3) is 3.98. The number of nitrogens with zero attached hydrogens (tertiary/aromatic N) is 3. The highest BCUT2D eigenvalue weighted by Crippen LogP contribution is 2.23. The van der Waals surface area contributed by atoms with E-state index in [1.165, 1.54) is 36.0 Å². The molecule has 3 rings (SSSR count). The maximum absolute atomic E-state index is 12.3. The Morgan fingerprint density at radius 2 is 1.92 bits per heavy atom. The summed E-state index contributed by atoms with van der Waals surface area (Å²) in [5, 5.41) is 16.1. The lowest BCUT2D eigenvalue weighted by molar-refractivity contribution is -0.115. The first kappa shape index (κ1) is 17.4. The van der Waals surface area contributed by atoms with Crippen molar-refractivity contribution in [3.8, 4) is 0 Å². The number of hydrogen-bond donors (Lipinski definition) is 2. The fourth-order valence-corrected chi connectivity index (χ4v) is 3.44. The highest BCUT2D eigenvalue weighted by atomic mass is 32.2. The topological polar surface area (TPSA) is 119 Å². The molecule has 0 aliphatic carbocycles. The molecule has 0 saturated carbocycles. The molecule has 0 fully saturated rings. The predicted octanol–water partition coefficient (Wildman–Crippen LogP) is 1.50. The van der Waals surface area contributed by atoms with Gasteiger partial charge in [0.05, 0.1) is 10.1 Å². The van der Waals surface area contributed by atoms with Crippen LogP contribution in [-0.2, 0) is 14.8 Å². The molecule has 0 spiro atoms. The van der Waals surface area contributed by atoms with Gasteiger partial charge in [-0.1, -0.05) is 17.8 Å². The zero-order chi connectivity index (χ0) is 18.0. The Morgan fingerprint density at radius 3 is 2.60 bits per heavy atom. The van der Waals surface area contributed by atoms with Crippen LogP contribution in [0.25, 0.3) is 5.65 Å². The van der Waals surface area contributed by atoms with Gasteiger partial charge in [0.25, 0.3) is 0 Å². The van der Waals surface area contributed by atoms with E-state index in [0.717, 1.165) is 0 Å². The summed E-state index contributed by atoms with van der Waals surface area (Å²) in [5.41, 5.74) is 1.19. The number of carbonyl (C=O) groups excluding carboxylic acids is 1. The van der Waals surface area contributed by atoms with Gasteiger partial charge >= 0.3 is 0 Å². The molecule has 25 heavy (non-hydrogen) atoms. The van der Waals surface area contributed by atoms with E-state index < -0.39 is 15.3 Å². The van der Waals surface area contributed by atoms with E-state index in [0.29, 0.717) is 16.5 Å². The number of nitrogens with one attached hydrogen (secondary N) is 1. The van der Waals surface area contributed by atoms with Crippen molar-refractivity contribution in [2.45, 2.75) is 22.2 Å². The number of sulfonamides is 1. The number of amides is 1. The van der Waals surface area contributed by atoms with E-state index in [1.807, 2.05) is 24.4 Å². The Kier molecular flexibility index (Phi) is 4.75. The summed E-state index contributed by atoms with van der Waals surface area (Å²) in [4.78, 5) is 12.3. The van der Waals surface area contributed by atoms with E-state index in [4.69, 9.17) is 5.14 Å². The summed E-state index contributed by atoms with van der Waals surface area (Å²) >= 11 is 1.28. The van der Waals surface area contributed by atoms with Crippen molar-refractivity contribution in [1.29, 1.82) is 0 Å². The van der Waals surface area contributed by atoms with Crippen molar-refractivity contribution < 1.29 is 13.2 Å². The van der Waals surface area contributed by atoms with Gasteiger partial charge in [0, 0.05) is 11.9 Å². The Bertz CT molecular complexity index is 1020. The van der Waals surface area contributed by atoms with Gasteiger partial charge in [0.1, 0.15) is 0 Å². The molecule has 0 unspecified atom stereocenters. The van der Waals surface area contributed by atoms with Gasteiger partial charge in [-0.3, -0.25) is 9.20 Å². The number of pyridine rings is 1. The standard InChI is InChI=1S/C15H15N5O3S2/c1-10(24-15-19-18-13-4-2-3-9-20(13)15)14(21)17-11-5-7-12(8-6-11)25(16,22)23/h2-10H,1H3,(H,17,21)(H2,16,22,23)/t10-/m1/s1. The smallest absolute Gasteiger partial charge is 0.238 e. The molecular weight excluding hydrogens is 362 g/mol. The number of anilines is 1. The van der Waals surface area contributed by atoms with Crippen LogP contribution in [0.3, 0.4) is 0 Å². The summed E-state index contributed by atoms with van der Waals surface area (Å²) in [5.74, 6) is -0.235. The maximum Gasteiger partial charge on any atom is 0.238 e. The lowest BCUT2D eigenvalue weighted by atomic mass is 10.3. The van der Waals surface area contributed by atoms with Crippen LogP contribution in [-0.4, -0.2) is 34.2 Å². The summed E-state index contributed by atoms with van der Waals surface area (Å²) in [7, 11) is -3.75. The van der Waals surface area contributed by atoms with Crippen LogP contribution in [0.5, 0.6) is 0 Å². The zero-order valence-corrected chi connectivity index (χ0v) is 14.8. The lowest BCUT2D eigenvalue weighted by Gasteiger charge is -2.11. The molecule has 0 saturated heterocycles. The van der Waals surface area contributed by atoms with E-state index in [-0.39, 0.29) is 10.8 Å². The number of hydrogen-bond acceptors (Lipinski definition) is 6. The largest absolute Gasteiger partial charge is 0.325 e. The first-order chi connectivity index (χ1) is 11.8. The molecule has 1 amide bonds. The Morgan fingerprint density at radius 1 is 1.20 bits per heavy atom. The molecule has 2 aromatic heterocycles. The SMILES string of the molecule is C[C@@H](Sc1nnc2ccccn12)C(=O)Nc1ccc(S(N)(=O)=O)cc1. The second-order valence-electron chi connectivity index (χ2n) is 5.23. The van der Waals surface area contributed by atoms with Crippen molar-refractivity contribution >= 4 is 39.0 Å². The van der Waals surface area contributed by atoms with Crippen molar-refractivity contribution in [3.05, 3.63) is 48.7 Å². The first-order valence-electron chi connectivity index (χ1n) is 7.25. The van der Waals surface area contributed by atoms with Gasteiger partial charge in [-0.25, -0.2) is 13.6 Å². The quantitative estimate of drug-likeness (QED) is 0.650. The number of rotatable bonds is 5. The summed E-state index contributed by atoms with van der Waals surface area (Å²) in [6.45, 7) is 1.75. The average molecular weight is 377 g/mol. The predicted molar refractivity (Wildman–Crippen MR) is 94.8 cm³/mol. The molecule has 3 aromatic rings. The molecule has 0 bridgehead atoms. The molecule has 0 aliphatic heterocycles. The lowest BCUT2D eigenvalue weighted by Crippen LogP contribution is -2.22. The second-order valence-corrected chi connectivity index (χ2v) is 8.10. The molecule has 130 valence electrons. The van der Waals surface area contributed by atoms with Gasteiger partial charge in [-0.15, -0.1) is 10.2 Å². The normalized spacial score (nSPS) is 12.9. The van der Waals surface area contributed by atoms with Crippen LogP contribution >= 0.6 is 11.8 Å². The fraction of sp³-hybridized carbons (Fsp3) is 0.133. The second kappa shape index (κ2) is 6.82. The molecular formula is C15H15N5O3S2. The highest BCUT2D eigenvalue weighted by molar-refractivity contribution is 8.00. The zero-order valence-electron chi connectivity index (χ0n) is 13.2. The third-order valence-corrected chi connectivity index (χ3v) is 5.37. The van der Waals surface area contributed by atoms with Crippen LogP contribution in [0, 0.1) is 0 Å². The summed E-state index contributed by atoms with van der Waals surface area (Å²) in [6.07, 6.45) is 1.83. The van der Waals surface area contributed by atoms with E-state index in [9.17, 15) is 13.2 Å².